The summed E-state index contributed by atoms with van der Waals surface area (Å²) in [5.74, 6) is 0.148. The Bertz CT molecular complexity index is 398. The quantitative estimate of drug-likeness (QED) is 0.346. The molecule has 1 rings (SSSR count). The molecule has 0 heterocycles. The molecular weight excluding hydrogens is 293 g/mol. The molecule has 0 aromatic heterocycles. The molecule has 0 aliphatic heterocycles. The first-order valence-electron chi connectivity index (χ1n) is 4.78. The minimum atomic E-state index is -0.222. The zero-order valence-electron chi connectivity index (χ0n) is 8.74. The van der Waals surface area contributed by atoms with Crippen LogP contribution in [0.2, 0.25) is 5.02 Å². The molecule has 0 spiro atoms. The van der Waals surface area contributed by atoms with Crippen LogP contribution in [-0.4, -0.2) is 17.1 Å². The van der Waals surface area contributed by atoms with Crippen LogP contribution in [0.5, 0.6) is 0 Å². The Hall–Kier alpha value is -0.940. The van der Waals surface area contributed by atoms with Gasteiger partial charge in [-0.3, -0.25) is 0 Å². The molecule has 0 bridgehead atoms. The molecule has 0 aliphatic rings. The van der Waals surface area contributed by atoms with Crippen molar-refractivity contribution in [3.63, 3.8) is 0 Å². The van der Waals surface area contributed by atoms with E-state index in [0.717, 1.165) is 10.2 Å². The second kappa shape index (κ2) is 5.96. The smallest absolute Gasteiger partial charge is 0.161 e. The largest absolute Gasteiger partial charge is 0.409 e. The summed E-state index contributed by atoms with van der Waals surface area (Å²) in [6.07, 6.45) is 0.703. The Labute approximate surface area is 108 Å². The van der Waals surface area contributed by atoms with Gasteiger partial charge in [0.2, 0.25) is 0 Å². The fraction of sp³-hybridized carbons (Fsp3) is 0.300. The highest BCUT2D eigenvalue weighted by molar-refractivity contribution is 9.10. The van der Waals surface area contributed by atoms with Crippen LogP contribution in [0.3, 0.4) is 0 Å². The van der Waals surface area contributed by atoms with Crippen molar-refractivity contribution in [2.75, 3.05) is 5.32 Å². The van der Waals surface area contributed by atoms with Gasteiger partial charge in [-0.05, 0) is 34.5 Å². The highest BCUT2D eigenvalue weighted by Crippen LogP contribution is 2.30. The van der Waals surface area contributed by atoms with Gasteiger partial charge in [0.1, 0.15) is 0 Å². The lowest BCUT2D eigenvalue weighted by Gasteiger charge is -2.18. The third-order valence-electron chi connectivity index (χ3n) is 2.16. The number of anilines is 1. The van der Waals surface area contributed by atoms with Crippen molar-refractivity contribution in [3.8, 4) is 0 Å². The summed E-state index contributed by atoms with van der Waals surface area (Å²) in [5, 5.41) is 15.4. The third-order valence-corrected chi connectivity index (χ3v) is 3.56. The zero-order chi connectivity index (χ0) is 12.1. The van der Waals surface area contributed by atoms with Gasteiger partial charge in [0.05, 0.1) is 21.2 Å². The lowest BCUT2D eigenvalue weighted by molar-refractivity contribution is 0.316. The Morgan fingerprint density at radius 2 is 2.38 bits per heavy atom. The Balaban J connectivity index is 2.90. The van der Waals surface area contributed by atoms with E-state index in [1.807, 2.05) is 19.1 Å². The van der Waals surface area contributed by atoms with E-state index in [1.165, 1.54) is 0 Å². The molecule has 1 unspecified atom stereocenters. The van der Waals surface area contributed by atoms with E-state index < -0.39 is 0 Å². The van der Waals surface area contributed by atoms with E-state index in [4.69, 9.17) is 22.5 Å². The molecular formula is C10H13BrClN3O. The van der Waals surface area contributed by atoms with Gasteiger partial charge in [0.25, 0.3) is 0 Å². The van der Waals surface area contributed by atoms with E-state index in [9.17, 15) is 0 Å². The maximum absolute atomic E-state index is 8.62. The van der Waals surface area contributed by atoms with Crippen LogP contribution in [0, 0.1) is 0 Å². The molecule has 1 atom stereocenters. The summed E-state index contributed by atoms with van der Waals surface area (Å²) in [4.78, 5) is 0. The van der Waals surface area contributed by atoms with Gasteiger partial charge in [-0.15, -0.1) is 0 Å². The van der Waals surface area contributed by atoms with Gasteiger partial charge >= 0.3 is 0 Å². The monoisotopic (exact) mass is 305 g/mol. The average Bonchev–Trinajstić information content (AvgIpc) is 2.30. The zero-order valence-corrected chi connectivity index (χ0v) is 11.1. The number of hydrogen-bond donors (Lipinski definition) is 3. The molecule has 1 aromatic rings. The minimum absolute atomic E-state index is 0.148. The SMILES string of the molecule is CCC(Nc1cccc(Cl)c1Br)/C(N)=N/O. The van der Waals surface area contributed by atoms with Crippen molar-refractivity contribution < 1.29 is 5.21 Å². The Morgan fingerprint density at radius 3 is 2.94 bits per heavy atom. The van der Waals surface area contributed by atoms with Crippen LogP contribution < -0.4 is 11.1 Å². The molecule has 0 fully saturated rings. The molecule has 88 valence electrons. The van der Waals surface area contributed by atoms with Crippen molar-refractivity contribution in [3.05, 3.63) is 27.7 Å². The number of oxime groups is 1. The Morgan fingerprint density at radius 1 is 1.69 bits per heavy atom. The molecule has 4 N–H and O–H groups in total. The van der Waals surface area contributed by atoms with Crippen molar-refractivity contribution in [1.29, 1.82) is 0 Å². The van der Waals surface area contributed by atoms with Crippen molar-refractivity contribution >= 4 is 39.1 Å². The van der Waals surface area contributed by atoms with Gasteiger partial charge in [-0.1, -0.05) is 29.7 Å². The number of nitrogens with two attached hydrogens (primary N) is 1. The molecule has 0 aliphatic carbocycles. The van der Waals surface area contributed by atoms with Gasteiger partial charge < -0.3 is 16.3 Å². The molecule has 1 aromatic carbocycles. The molecule has 16 heavy (non-hydrogen) atoms. The number of hydrogen-bond acceptors (Lipinski definition) is 3. The summed E-state index contributed by atoms with van der Waals surface area (Å²) in [6, 6.07) is 5.25. The summed E-state index contributed by atoms with van der Waals surface area (Å²) >= 11 is 9.33. The standard InChI is InChI=1S/C10H13BrClN3O/c1-2-7(10(13)15-16)14-8-5-3-4-6(12)9(8)11/h3-5,7,14,16H,2H2,1H3,(H2,13,15). The Kier molecular flexibility index (Phi) is 4.89. The first-order chi connectivity index (χ1) is 7.60. The van der Waals surface area contributed by atoms with Crippen LogP contribution in [0.25, 0.3) is 0 Å². The number of halogens is 2. The fourth-order valence-electron chi connectivity index (χ4n) is 1.26. The van der Waals surface area contributed by atoms with Crippen LogP contribution in [0.4, 0.5) is 5.69 Å². The van der Waals surface area contributed by atoms with E-state index >= 15 is 0 Å². The second-order valence-electron chi connectivity index (χ2n) is 3.23. The topological polar surface area (TPSA) is 70.6 Å². The third kappa shape index (κ3) is 3.02. The van der Waals surface area contributed by atoms with Crippen LogP contribution in [0.1, 0.15) is 13.3 Å². The number of amidine groups is 1. The molecule has 0 saturated carbocycles. The van der Waals surface area contributed by atoms with Crippen molar-refractivity contribution in [1.82, 2.24) is 0 Å². The van der Waals surface area contributed by atoms with E-state index in [-0.39, 0.29) is 11.9 Å². The molecule has 0 amide bonds. The van der Waals surface area contributed by atoms with Crippen molar-refractivity contribution in [2.24, 2.45) is 10.9 Å². The fourth-order valence-corrected chi connectivity index (χ4v) is 1.81. The van der Waals surface area contributed by atoms with Crippen molar-refractivity contribution in [2.45, 2.75) is 19.4 Å². The molecule has 4 nitrogen and oxygen atoms in total. The van der Waals surface area contributed by atoms with Gasteiger partial charge in [0, 0.05) is 0 Å². The van der Waals surface area contributed by atoms with Crippen LogP contribution >= 0.6 is 27.5 Å². The molecule has 6 heteroatoms. The number of benzene rings is 1. The maximum atomic E-state index is 8.62. The minimum Gasteiger partial charge on any atom is -0.409 e. The highest BCUT2D eigenvalue weighted by Gasteiger charge is 2.13. The number of nitrogens with one attached hydrogen (secondary N) is 1. The first kappa shape index (κ1) is 13.1. The predicted octanol–water partition coefficient (Wildman–Crippen LogP) is 3.04. The summed E-state index contributed by atoms with van der Waals surface area (Å²) < 4.78 is 0.765. The van der Waals surface area contributed by atoms with Crippen LogP contribution in [0.15, 0.2) is 27.8 Å². The lowest BCUT2D eigenvalue weighted by atomic mass is 10.2. The van der Waals surface area contributed by atoms with Gasteiger partial charge in [-0.2, -0.15) is 0 Å². The molecule has 0 saturated heterocycles. The number of rotatable bonds is 4. The summed E-state index contributed by atoms with van der Waals surface area (Å²) in [5.41, 5.74) is 6.36. The average molecular weight is 307 g/mol. The molecule has 0 radical (unpaired) electrons. The first-order valence-corrected chi connectivity index (χ1v) is 5.95. The van der Waals surface area contributed by atoms with Gasteiger partial charge in [-0.25, -0.2) is 0 Å². The predicted molar refractivity (Wildman–Crippen MR) is 70.3 cm³/mol. The van der Waals surface area contributed by atoms with E-state index in [2.05, 4.69) is 26.4 Å². The normalized spacial score (nSPS) is 13.6. The second-order valence-corrected chi connectivity index (χ2v) is 4.43. The summed E-state index contributed by atoms with van der Waals surface area (Å²) in [7, 11) is 0. The van der Waals surface area contributed by atoms with Crippen LogP contribution in [-0.2, 0) is 0 Å². The van der Waals surface area contributed by atoms with E-state index in [1.54, 1.807) is 6.07 Å². The highest BCUT2D eigenvalue weighted by atomic mass is 79.9. The van der Waals surface area contributed by atoms with E-state index in [0.29, 0.717) is 11.4 Å². The lowest BCUT2D eigenvalue weighted by Crippen LogP contribution is -2.35. The summed E-state index contributed by atoms with van der Waals surface area (Å²) in [6.45, 7) is 1.94. The van der Waals surface area contributed by atoms with Gasteiger partial charge in [0.15, 0.2) is 5.84 Å². The number of nitrogens with zero attached hydrogens (tertiary/aromatic N) is 1. The maximum Gasteiger partial charge on any atom is 0.161 e.